The smallest absolute Gasteiger partial charge is 0.410 e. The summed E-state index contributed by atoms with van der Waals surface area (Å²) in [5, 5.41) is 0. The first-order chi connectivity index (χ1) is 12.8. The van der Waals surface area contributed by atoms with Crippen LogP contribution in [0, 0.1) is 0 Å². The van der Waals surface area contributed by atoms with E-state index in [1.54, 1.807) is 17.0 Å². The number of ether oxygens (including phenoxy) is 2. The van der Waals surface area contributed by atoms with Gasteiger partial charge in [0.25, 0.3) is 0 Å². The number of carbonyl (C=O) groups excluding carboxylic acids is 2. The van der Waals surface area contributed by atoms with Crippen LogP contribution < -0.4 is 0 Å². The fourth-order valence-corrected chi connectivity index (χ4v) is 2.98. The molecule has 1 aliphatic rings. The minimum atomic E-state index is -0.507. The molecule has 0 atom stereocenters. The van der Waals surface area contributed by atoms with Crippen LogP contribution in [0.4, 0.5) is 4.79 Å². The maximum absolute atomic E-state index is 12.4. The second kappa shape index (κ2) is 7.86. The van der Waals surface area contributed by atoms with Gasteiger partial charge >= 0.3 is 12.1 Å². The van der Waals surface area contributed by atoms with Crippen LogP contribution in [-0.2, 0) is 9.47 Å². The van der Waals surface area contributed by atoms with Crippen LogP contribution in [0.1, 0.15) is 44.0 Å². The Hall–Kier alpha value is -2.76. The summed E-state index contributed by atoms with van der Waals surface area (Å²) < 4.78 is 13.0. The monoisotopic (exact) mass is 370 g/mol. The first-order valence-electron chi connectivity index (χ1n) is 9.24. The maximum atomic E-state index is 12.4. The van der Waals surface area contributed by atoms with E-state index < -0.39 is 5.60 Å². The Morgan fingerprint density at radius 3 is 2.15 bits per heavy atom. The fourth-order valence-electron chi connectivity index (χ4n) is 2.98. The van der Waals surface area contributed by atoms with Gasteiger partial charge in [-0.1, -0.05) is 0 Å². The molecule has 1 amide bonds. The Kier molecular flexibility index (Phi) is 5.54. The third-order valence-corrected chi connectivity index (χ3v) is 4.37. The summed E-state index contributed by atoms with van der Waals surface area (Å²) in [5.74, 6) is -0.329. The molecule has 0 unspecified atom stereocenters. The Labute approximate surface area is 159 Å². The van der Waals surface area contributed by atoms with Crippen molar-refractivity contribution in [2.24, 2.45) is 0 Å². The largest absolute Gasteiger partial charge is 0.459 e. The van der Waals surface area contributed by atoms with Crippen molar-refractivity contribution in [3.8, 4) is 5.69 Å². The zero-order valence-electron chi connectivity index (χ0n) is 16.1. The highest BCUT2D eigenvalue weighted by Crippen LogP contribution is 2.19. The third kappa shape index (κ3) is 5.12. The lowest BCUT2D eigenvalue weighted by Gasteiger charge is -2.33. The molecule has 3 rings (SSSR count). The van der Waals surface area contributed by atoms with Gasteiger partial charge in [0.05, 0.1) is 5.56 Å². The van der Waals surface area contributed by atoms with Crippen LogP contribution in [0.5, 0.6) is 0 Å². The molecule has 1 saturated heterocycles. The molecule has 0 aliphatic carbocycles. The first-order valence-corrected chi connectivity index (χ1v) is 9.24. The van der Waals surface area contributed by atoms with E-state index in [9.17, 15) is 9.59 Å². The third-order valence-electron chi connectivity index (χ3n) is 4.37. The first kappa shape index (κ1) is 19.0. The number of amides is 1. The summed E-state index contributed by atoms with van der Waals surface area (Å²) in [5.41, 5.74) is 1.01. The maximum Gasteiger partial charge on any atom is 0.410 e. The van der Waals surface area contributed by atoms with Gasteiger partial charge in [0.1, 0.15) is 11.7 Å². The van der Waals surface area contributed by atoms with Gasteiger partial charge in [-0.25, -0.2) is 9.59 Å². The van der Waals surface area contributed by atoms with E-state index in [1.807, 2.05) is 62.0 Å². The molecule has 2 aromatic rings. The van der Waals surface area contributed by atoms with E-state index in [-0.39, 0.29) is 18.2 Å². The lowest BCUT2D eigenvalue weighted by Crippen LogP contribution is -2.43. The van der Waals surface area contributed by atoms with Gasteiger partial charge in [-0.2, -0.15) is 0 Å². The fraction of sp³-hybridized carbons (Fsp3) is 0.429. The number of piperidine rings is 1. The summed E-state index contributed by atoms with van der Waals surface area (Å²) >= 11 is 0. The minimum absolute atomic E-state index is 0.180. The molecule has 6 nitrogen and oxygen atoms in total. The summed E-state index contributed by atoms with van der Waals surface area (Å²) in [7, 11) is 0. The topological polar surface area (TPSA) is 60.8 Å². The molecular weight excluding hydrogens is 344 g/mol. The number of benzene rings is 1. The van der Waals surface area contributed by atoms with Crippen molar-refractivity contribution in [2.75, 3.05) is 13.1 Å². The lowest BCUT2D eigenvalue weighted by atomic mass is 10.1. The van der Waals surface area contributed by atoms with Crippen LogP contribution in [-0.4, -0.2) is 46.3 Å². The number of hydrogen-bond acceptors (Lipinski definition) is 4. The van der Waals surface area contributed by atoms with Crippen molar-refractivity contribution >= 4 is 12.1 Å². The zero-order chi connectivity index (χ0) is 19.4. The van der Waals surface area contributed by atoms with E-state index >= 15 is 0 Å². The lowest BCUT2D eigenvalue weighted by molar-refractivity contribution is -0.00339. The summed E-state index contributed by atoms with van der Waals surface area (Å²) in [6.45, 7) is 6.60. The molecule has 0 saturated carbocycles. The molecule has 0 radical (unpaired) electrons. The highest BCUT2D eigenvalue weighted by Gasteiger charge is 2.28. The molecule has 27 heavy (non-hydrogen) atoms. The number of carbonyl (C=O) groups is 2. The Bertz CT molecular complexity index is 768. The highest BCUT2D eigenvalue weighted by atomic mass is 16.6. The van der Waals surface area contributed by atoms with Crippen molar-refractivity contribution in [1.82, 2.24) is 9.47 Å². The zero-order valence-corrected chi connectivity index (χ0v) is 16.1. The molecular formula is C21H26N2O4. The molecule has 1 aliphatic heterocycles. The summed E-state index contributed by atoms with van der Waals surface area (Å²) in [4.78, 5) is 26.1. The van der Waals surface area contributed by atoms with Crippen LogP contribution in [0.2, 0.25) is 0 Å². The van der Waals surface area contributed by atoms with Gasteiger partial charge in [-0.05, 0) is 57.2 Å². The Morgan fingerprint density at radius 1 is 1.00 bits per heavy atom. The molecule has 1 aromatic carbocycles. The SMILES string of the molecule is CC(C)(C)OC(=O)N1CCC(OC(=O)c2ccc(-n3cccc3)cc2)CC1. The van der Waals surface area contributed by atoms with E-state index in [0.29, 0.717) is 31.5 Å². The van der Waals surface area contributed by atoms with E-state index in [1.165, 1.54) is 0 Å². The minimum Gasteiger partial charge on any atom is -0.459 e. The van der Waals surface area contributed by atoms with Crippen molar-refractivity contribution < 1.29 is 19.1 Å². The quantitative estimate of drug-likeness (QED) is 0.765. The molecule has 0 N–H and O–H groups in total. The van der Waals surface area contributed by atoms with Gasteiger partial charge in [-0.3, -0.25) is 0 Å². The molecule has 6 heteroatoms. The Balaban J connectivity index is 1.50. The van der Waals surface area contributed by atoms with Gasteiger partial charge in [0, 0.05) is 44.0 Å². The van der Waals surface area contributed by atoms with Crippen molar-refractivity contribution in [3.05, 3.63) is 54.4 Å². The van der Waals surface area contributed by atoms with Crippen molar-refractivity contribution in [1.29, 1.82) is 0 Å². The average Bonchev–Trinajstić information content (AvgIpc) is 3.15. The molecule has 2 heterocycles. The van der Waals surface area contributed by atoms with Gasteiger partial charge < -0.3 is 18.9 Å². The van der Waals surface area contributed by atoms with E-state index in [0.717, 1.165) is 5.69 Å². The predicted octanol–water partition coefficient (Wildman–Crippen LogP) is 4.03. The summed E-state index contributed by atoms with van der Waals surface area (Å²) in [6.07, 6.45) is 4.64. The van der Waals surface area contributed by atoms with E-state index in [4.69, 9.17) is 9.47 Å². The number of aromatic nitrogens is 1. The number of esters is 1. The highest BCUT2D eigenvalue weighted by molar-refractivity contribution is 5.89. The number of likely N-dealkylation sites (tertiary alicyclic amines) is 1. The van der Waals surface area contributed by atoms with Gasteiger partial charge in [-0.15, -0.1) is 0 Å². The van der Waals surface area contributed by atoms with Crippen LogP contribution in [0.25, 0.3) is 5.69 Å². The standard InChI is InChI=1S/C21H26N2O4/c1-21(2,3)27-20(25)23-14-10-18(11-15-23)26-19(24)16-6-8-17(9-7-16)22-12-4-5-13-22/h4-9,12-13,18H,10-11,14-15H2,1-3H3. The summed E-state index contributed by atoms with van der Waals surface area (Å²) in [6, 6.07) is 11.2. The predicted molar refractivity (Wildman–Crippen MR) is 102 cm³/mol. The van der Waals surface area contributed by atoms with Crippen LogP contribution >= 0.6 is 0 Å². The second-order valence-electron chi connectivity index (χ2n) is 7.71. The normalized spacial score (nSPS) is 15.4. The number of nitrogens with zero attached hydrogens (tertiary/aromatic N) is 2. The molecule has 144 valence electrons. The molecule has 1 aromatic heterocycles. The second-order valence-corrected chi connectivity index (χ2v) is 7.71. The molecule has 0 spiro atoms. The number of hydrogen-bond donors (Lipinski definition) is 0. The van der Waals surface area contributed by atoms with Crippen LogP contribution in [0.15, 0.2) is 48.8 Å². The molecule has 1 fully saturated rings. The van der Waals surface area contributed by atoms with Crippen molar-refractivity contribution in [2.45, 2.75) is 45.3 Å². The van der Waals surface area contributed by atoms with Gasteiger partial charge in [0.15, 0.2) is 0 Å². The molecule has 0 bridgehead atoms. The number of rotatable bonds is 3. The Morgan fingerprint density at radius 2 is 1.59 bits per heavy atom. The van der Waals surface area contributed by atoms with Gasteiger partial charge in [0.2, 0.25) is 0 Å². The van der Waals surface area contributed by atoms with E-state index in [2.05, 4.69) is 0 Å². The van der Waals surface area contributed by atoms with Crippen molar-refractivity contribution in [3.63, 3.8) is 0 Å². The van der Waals surface area contributed by atoms with Crippen LogP contribution in [0.3, 0.4) is 0 Å². The average molecular weight is 370 g/mol.